The second kappa shape index (κ2) is 11.8. The van der Waals surface area contributed by atoms with Gasteiger partial charge in [0, 0.05) is 15.0 Å². The molecule has 4 unspecified atom stereocenters. The molecule has 0 N–H and O–H groups in total. The Morgan fingerprint density at radius 1 is 0.966 bits per heavy atom. The van der Waals surface area contributed by atoms with Crippen molar-refractivity contribution >= 4 is 56.6 Å². The van der Waals surface area contributed by atoms with Gasteiger partial charge in [0.25, 0.3) is 0 Å². The van der Waals surface area contributed by atoms with Crippen LogP contribution in [0.1, 0.15) is 68.8 Å². The van der Waals surface area contributed by atoms with Crippen LogP contribution >= 0.6 is 51.0 Å². The van der Waals surface area contributed by atoms with Gasteiger partial charge in [0.1, 0.15) is 0 Å². The molecule has 1 saturated carbocycles. The summed E-state index contributed by atoms with van der Waals surface area (Å²) in [5.74, 6) is 2.78. The summed E-state index contributed by atoms with van der Waals surface area (Å²) < 4.78 is 0. The Morgan fingerprint density at radius 3 is 2.00 bits per heavy atom. The molecule has 2 heterocycles. The Balaban J connectivity index is 0.000000239. The van der Waals surface area contributed by atoms with E-state index in [1.54, 1.807) is 26.5 Å². The molecule has 0 nitrogen and oxygen atoms in total. The third kappa shape index (κ3) is 6.56. The van der Waals surface area contributed by atoms with E-state index < -0.39 is 14.7 Å². The van der Waals surface area contributed by atoms with Gasteiger partial charge in [-0.1, -0.05) is 25.0 Å². The van der Waals surface area contributed by atoms with E-state index in [0.29, 0.717) is 0 Å². The number of thiophene rings is 1. The van der Waals surface area contributed by atoms with Crippen LogP contribution < -0.4 is 0 Å². The van der Waals surface area contributed by atoms with Crippen molar-refractivity contribution in [3.05, 3.63) is 44.4 Å². The summed E-state index contributed by atoms with van der Waals surface area (Å²) in [7, 11) is 14.9. The van der Waals surface area contributed by atoms with E-state index in [1.165, 1.54) is 28.9 Å². The first-order chi connectivity index (χ1) is 13.0. The van der Waals surface area contributed by atoms with Crippen molar-refractivity contribution in [3.63, 3.8) is 0 Å². The number of fused-ring (bicyclic) bond motifs is 2. The van der Waals surface area contributed by atoms with Crippen molar-refractivity contribution in [1.82, 2.24) is 0 Å². The molecule has 1 aromatic heterocycles. The molecule has 0 spiro atoms. The van der Waals surface area contributed by atoms with E-state index in [9.17, 15) is 0 Å². The van der Waals surface area contributed by atoms with E-state index in [-0.39, 0.29) is 7.43 Å². The Morgan fingerprint density at radius 2 is 1.52 bits per heavy atom. The standard InChI is InChI=1S/C11H18S.C11H14S.CH3.3ClH.Ti/c2*1-6-5-10-8(3)9(4)12-11(10)7(6)2;;;;;/h6-7,10-11H,5H2,1-4H3;5H2,1-4H3;1H3;3*1H;/q;;-1;;;;+4/p-3. The molecule has 1 aliphatic heterocycles. The number of thioether (sulfide) groups is 1. The number of hydrogen-bond donors (Lipinski definition) is 0. The quantitative estimate of drug-likeness (QED) is 0.238. The molecule has 164 valence electrons. The summed E-state index contributed by atoms with van der Waals surface area (Å²) in [5.41, 5.74) is 7.87. The molecule has 0 bridgehead atoms. The Kier molecular flexibility index (Phi) is 11.5. The maximum absolute atomic E-state index is 4.97. The van der Waals surface area contributed by atoms with Crippen molar-refractivity contribution in [2.45, 2.75) is 73.5 Å². The minimum atomic E-state index is -1.92. The van der Waals surface area contributed by atoms with E-state index in [0.717, 1.165) is 23.0 Å². The predicted octanol–water partition coefficient (Wildman–Crippen LogP) is 9.92. The van der Waals surface area contributed by atoms with Crippen LogP contribution in [0.25, 0.3) is 5.57 Å². The van der Waals surface area contributed by atoms with Crippen LogP contribution in [0.5, 0.6) is 0 Å². The normalized spacial score (nSPS) is 26.9. The molecule has 3 aliphatic rings. The van der Waals surface area contributed by atoms with Gasteiger partial charge in [-0.25, -0.2) is 0 Å². The van der Waals surface area contributed by atoms with E-state index in [1.807, 2.05) is 11.3 Å². The van der Waals surface area contributed by atoms with Crippen LogP contribution in [0, 0.1) is 39.0 Å². The molecule has 1 aromatic rings. The monoisotopic (exact) mass is 528 g/mol. The van der Waals surface area contributed by atoms with E-state index >= 15 is 0 Å². The second-order valence-electron chi connectivity index (χ2n) is 8.39. The Bertz CT molecular complexity index is 777. The molecule has 29 heavy (non-hydrogen) atoms. The van der Waals surface area contributed by atoms with Gasteiger partial charge in [-0.15, -0.1) is 23.1 Å². The molecular weight excluding hydrogens is 495 g/mol. The van der Waals surface area contributed by atoms with Gasteiger partial charge in [0.2, 0.25) is 0 Å². The number of aryl methyl sites for hydroxylation is 1. The van der Waals surface area contributed by atoms with Gasteiger partial charge in [0.15, 0.2) is 0 Å². The first kappa shape index (κ1) is 28.1. The summed E-state index contributed by atoms with van der Waals surface area (Å²) in [4.78, 5) is 4.64. The van der Waals surface area contributed by atoms with Gasteiger partial charge < -0.3 is 7.43 Å². The number of hydrogen-bond acceptors (Lipinski definition) is 2. The van der Waals surface area contributed by atoms with Crippen LogP contribution in [0.3, 0.4) is 0 Å². The van der Waals surface area contributed by atoms with Gasteiger partial charge in [-0.05, 0) is 93.7 Å². The predicted molar refractivity (Wildman–Crippen MR) is 136 cm³/mol. The molecule has 1 fully saturated rings. The average molecular weight is 530 g/mol. The topological polar surface area (TPSA) is 0 Å². The number of allylic oxidation sites excluding steroid dienone is 4. The molecule has 2 aliphatic carbocycles. The summed E-state index contributed by atoms with van der Waals surface area (Å²) in [6.07, 6.45) is 2.62. The van der Waals surface area contributed by atoms with E-state index in [4.69, 9.17) is 27.9 Å². The second-order valence-corrected chi connectivity index (χ2v) is 18.7. The summed E-state index contributed by atoms with van der Waals surface area (Å²) in [6, 6.07) is 0. The first-order valence-electron chi connectivity index (χ1n) is 9.88. The van der Waals surface area contributed by atoms with Crippen LogP contribution in [0.4, 0.5) is 0 Å². The number of halogens is 3. The molecule has 4 atom stereocenters. The van der Waals surface area contributed by atoms with E-state index in [2.05, 4.69) is 67.2 Å². The molecular formula is C23H35Cl3S2Ti. The van der Waals surface area contributed by atoms with Gasteiger partial charge >= 0.3 is 42.6 Å². The fourth-order valence-electron chi connectivity index (χ4n) is 4.39. The van der Waals surface area contributed by atoms with Crippen LogP contribution in [-0.2, 0) is 21.1 Å². The minimum absolute atomic E-state index is 0. The molecule has 6 heteroatoms. The molecule has 4 rings (SSSR count). The van der Waals surface area contributed by atoms with Crippen molar-refractivity contribution in [2.75, 3.05) is 0 Å². The van der Waals surface area contributed by atoms with Crippen molar-refractivity contribution < 1.29 is 14.7 Å². The van der Waals surface area contributed by atoms with Gasteiger partial charge in [0.05, 0.1) is 0 Å². The molecule has 0 amide bonds. The van der Waals surface area contributed by atoms with Crippen LogP contribution in [0.2, 0.25) is 0 Å². The summed E-state index contributed by atoms with van der Waals surface area (Å²) in [5, 5.41) is 0.917. The fraction of sp³-hybridized carbons (Fsp3) is 0.609. The third-order valence-corrected chi connectivity index (χ3v) is 9.87. The fourth-order valence-corrected chi connectivity index (χ4v) is 7.36. The van der Waals surface area contributed by atoms with Crippen molar-refractivity contribution in [1.29, 1.82) is 0 Å². The first-order valence-corrected chi connectivity index (χ1v) is 18.0. The van der Waals surface area contributed by atoms with Crippen molar-refractivity contribution in [2.24, 2.45) is 17.8 Å². The van der Waals surface area contributed by atoms with Crippen molar-refractivity contribution in [3.8, 4) is 0 Å². The van der Waals surface area contributed by atoms with Gasteiger partial charge in [-0.3, -0.25) is 0 Å². The average Bonchev–Trinajstić information content (AvgIpc) is 3.24. The zero-order valence-corrected chi connectivity index (χ0v) is 24.6. The summed E-state index contributed by atoms with van der Waals surface area (Å²) >= 11 is 2.18. The molecule has 0 radical (unpaired) electrons. The Labute approximate surface area is 205 Å². The Hall–Kier alpha value is 1.11. The summed E-state index contributed by atoms with van der Waals surface area (Å²) in [6.45, 7) is 18.4. The third-order valence-electron chi connectivity index (χ3n) is 6.80. The SMILES string of the molecule is CC1=C(C)C2CC(C)C(C)C2S1.CC1=C(C)c2sc(C)c(C)c2C1.[CH3-].[Cl][Ti+]([Cl])[Cl]. The van der Waals surface area contributed by atoms with Crippen LogP contribution in [-0.4, -0.2) is 5.25 Å². The maximum atomic E-state index is 4.97. The molecule has 0 aromatic carbocycles. The van der Waals surface area contributed by atoms with Crippen LogP contribution in [0.15, 0.2) is 16.1 Å². The zero-order valence-electron chi connectivity index (χ0n) is 19.2. The molecule has 0 saturated heterocycles. The zero-order chi connectivity index (χ0) is 21.3. The van der Waals surface area contributed by atoms with Gasteiger partial charge in [-0.2, -0.15) is 0 Å². The number of rotatable bonds is 0.